The maximum absolute atomic E-state index is 12.5. The van der Waals surface area contributed by atoms with E-state index in [1.165, 1.54) is 36.5 Å². The number of hydrogen-bond donors (Lipinski definition) is 1. The molecule has 0 bridgehead atoms. The Balaban J connectivity index is 1.60. The van der Waals surface area contributed by atoms with E-state index in [2.05, 4.69) is 10.5 Å². The van der Waals surface area contributed by atoms with E-state index in [-0.39, 0.29) is 29.4 Å². The van der Waals surface area contributed by atoms with Crippen molar-refractivity contribution in [2.45, 2.75) is 20.8 Å². The van der Waals surface area contributed by atoms with E-state index >= 15 is 0 Å². The first-order valence-electron chi connectivity index (χ1n) is 11.1. The van der Waals surface area contributed by atoms with Crippen molar-refractivity contribution >= 4 is 35.4 Å². The van der Waals surface area contributed by atoms with Gasteiger partial charge in [0, 0.05) is 17.2 Å². The molecular weight excluding hydrogens is 502 g/mol. The summed E-state index contributed by atoms with van der Waals surface area (Å²) in [6.07, 6.45) is 1.40. The Morgan fingerprint density at radius 3 is 2.32 bits per heavy atom. The monoisotopic (exact) mass is 525 g/mol. The van der Waals surface area contributed by atoms with Gasteiger partial charge in [-0.05, 0) is 79.9 Å². The molecular formula is C26H24ClN3O7. The molecule has 3 rings (SSSR count). The number of benzene rings is 3. The lowest BCUT2D eigenvalue weighted by Gasteiger charge is -2.11. The number of rotatable bonds is 10. The molecule has 0 atom stereocenters. The van der Waals surface area contributed by atoms with Gasteiger partial charge in [0.05, 0.1) is 23.3 Å². The van der Waals surface area contributed by atoms with Gasteiger partial charge in [-0.25, -0.2) is 10.2 Å². The van der Waals surface area contributed by atoms with Crippen LogP contribution in [0.15, 0.2) is 59.7 Å². The Kier molecular flexibility index (Phi) is 9.17. The Hall–Kier alpha value is -4.44. The van der Waals surface area contributed by atoms with Crippen LogP contribution < -0.4 is 19.6 Å². The molecule has 0 spiro atoms. The zero-order valence-corrected chi connectivity index (χ0v) is 21.1. The average Bonchev–Trinajstić information content (AvgIpc) is 2.87. The van der Waals surface area contributed by atoms with Crippen LogP contribution in [-0.2, 0) is 4.79 Å². The number of carbonyl (C=O) groups excluding carboxylic acids is 2. The van der Waals surface area contributed by atoms with Gasteiger partial charge < -0.3 is 14.2 Å². The van der Waals surface area contributed by atoms with E-state index in [1.807, 2.05) is 13.8 Å². The number of nitro groups is 1. The number of esters is 1. The molecule has 192 valence electrons. The number of amides is 1. The van der Waals surface area contributed by atoms with E-state index < -0.39 is 16.8 Å². The average molecular weight is 526 g/mol. The molecule has 0 saturated carbocycles. The van der Waals surface area contributed by atoms with Crippen LogP contribution in [0.4, 0.5) is 5.69 Å². The van der Waals surface area contributed by atoms with Gasteiger partial charge in [-0.2, -0.15) is 5.10 Å². The van der Waals surface area contributed by atoms with Crippen LogP contribution in [-0.4, -0.2) is 36.2 Å². The van der Waals surface area contributed by atoms with E-state index in [4.69, 9.17) is 25.8 Å². The van der Waals surface area contributed by atoms with Crippen molar-refractivity contribution in [3.8, 4) is 17.2 Å². The van der Waals surface area contributed by atoms with Gasteiger partial charge >= 0.3 is 5.97 Å². The summed E-state index contributed by atoms with van der Waals surface area (Å²) in [7, 11) is 0. The largest absolute Gasteiger partial charge is 0.490 e. The molecule has 0 aliphatic carbocycles. The Morgan fingerprint density at radius 1 is 1.03 bits per heavy atom. The van der Waals surface area contributed by atoms with Gasteiger partial charge in [0.15, 0.2) is 18.1 Å². The molecule has 37 heavy (non-hydrogen) atoms. The number of nitro benzene ring substituents is 1. The lowest BCUT2D eigenvalue weighted by Crippen LogP contribution is -2.24. The third-order valence-corrected chi connectivity index (χ3v) is 5.56. The number of nitrogens with one attached hydrogen (secondary N) is 1. The highest BCUT2D eigenvalue weighted by atomic mass is 35.5. The molecule has 0 saturated heterocycles. The molecule has 11 heteroatoms. The molecule has 0 aromatic heterocycles. The minimum absolute atomic E-state index is 0.135. The number of halogens is 1. The smallest absolute Gasteiger partial charge is 0.343 e. The summed E-state index contributed by atoms with van der Waals surface area (Å²) in [5.41, 5.74) is 4.66. The number of nitrogens with zero attached hydrogens (tertiary/aromatic N) is 2. The van der Waals surface area contributed by atoms with Crippen LogP contribution in [0.1, 0.15) is 34.0 Å². The first-order valence-corrected chi connectivity index (χ1v) is 11.5. The third-order valence-electron chi connectivity index (χ3n) is 4.97. The minimum atomic E-state index is -0.699. The second-order valence-electron chi connectivity index (χ2n) is 7.79. The van der Waals surface area contributed by atoms with Gasteiger partial charge in [0.1, 0.15) is 5.75 Å². The van der Waals surface area contributed by atoms with Crippen molar-refractivity contribution in [2.24, 2.45) is 5.10 Å². The predicted octanol–water partition coefficient (Wildman–Crippen LogP) is 5.01. The molecule has 0 heterocycles. The van der Waals surface area contributed by atoms with Crippen molar-refractivity contribution < 1.29 is 28.7 Å². The molecule has 0 aliphatic heterocycles. The predicted molar refractivity (Wildman–Crippen MR) is 138 cm³/mol. The van der Waals surface area contributed by atoms with Crippen molar-refractivity contribution in [1.82, 2.24) is 5.43 Å². The van der Waals surface area contributed by atoms with E-state index in [0.717, 1.165) is 11.1 Å². The number of carbonyl (C=O) groups is 2. The fourth-order valence-electron chi connectivity index (χ4n) is 3.19. The minimum Gasteiger partial charge on any atom is -0.490 e. The maximum atomic E-state index is 12.5. The molecule has 0 unspecified atom stereocenters. The van der Waals surface area contributed by atoms with Gasteiger partial charge in [-0.3, -0.25) is 14.9 Å². The molecule has 3 aromatic rings. The van der Waals surface area contributed by atoms with Crippen molar-refractivity contribution in [3.63, 3.8) is 0 Å². The molecule has 1 amide bonds. The van der Waals surface area contributed by atoms with Gasteiger partial charge in [0.25, 0.3) is 11.6 Å². The third kappa shape index (κ3) is 7.52. The number of non-ortho nitro benzene ring substituents is 1. The van der Waals surface area contributed by atoms with Gasteiger partial charge in [0.2, 0.25) is 0 Å². The SMILES string of the molecule is CCOc1cc(/C=N/NC(=O)COc2cc(C)c(Cl)c(C)c2)ccc1OC(=O)c1ccc([N+](=O)[O-])cc1. The molecule has 10 nitrogen and oxygen atoms in total. The lowest BCUT2D eigenvalue weighted by atomic mass is 10.1. The summed E-state index contributed by atoms with van der Waals surface area (Å²) in [4.78, 5) is 34.8. The fourth-order valence-corrected chi connectivity index (χ4v) is 3.29. The van der Waals surface area contributed by atoms with E-state index in [1.54, 1.807) is 31.2 Å². The van der Waals surface area contributed by atoms with Crippen molar-refractivity contribution in [1.29, 1.82) is 0 Å². The number of ether oxygens (including phenoxy) is 3. The molecule has 1 N–H and O–H groups in total. The van der Waals surface area contributed by atoms with Crippen LogP contribution >= 0.6 is 11.6 Å². The lowest BCUT2D eigenvalue weighted by molar-refractivity contribution is -0.384. The topological polar surface area (TPSA) is 129 Å². The summed E-state index contributed by atoms with van der Waals surface area (Å²) >= 11 is 6.14. The van der Waals surface area contributed by atoms with Crippen LogP contribution in [0.5, 0.6) is 17.2 Å². The Bertz CT molecular complexity index is 1320. The van der Waals surface area contributed by atoms with Gasteiger partial charge in [-0.1, -0.05) is 11.6 Å². The van der Waals surface area contributed by atoms with Crippen molar-refractivity contribution in [3.05, 3.63) is 92.0 Å². The highest BCUT2D eigenvalue weighted by Gasteiger charge is 2.15. The Morgan fingerprint density at radius 2 is 1.70 bits per heavy atom. The summed E-state index contributed by atoms with van der Waals surface area (Å²) in [6, 6.07) is 13.3. The zero-order chi connectivity index (χ0) is 26.9. The van der Waals surface area contributed by atoms with E-state index in [0.29, 0.717) is 22.9 Å². The summed E-state index contributed by atoms with van der Waals surface area (Å²) in [5.74, 6) is -0.187. The van der Waals surface area contributed by atoms with Crippen LogP contribution in [0.25, 0.3) is 0 Å². The molecule has 0 radical (unpaired) electrons. The second kappa shape index (κ2) is 12.5. The summed E-state index contributed by atoms with van der Waals surface area (Å²) < 4.78 is 16.5. The fraction of sp³-hybridized carbons (Fsp3) is 0.192. The highest BCUT2D eigenvalue weighted by molar-refractivity contribution is 6.32. The standard InChI is InChI=1S/C26H24ClN3O7/c1-4-35-23-13-18(5-10-22(23)37-26(32)19-6-8-20(9-7-19)30(33)34)14-28-29-24(31)15-36-21-11-16(2)25(27)17(3)12-21/h5-14H,4,15H2,1-3H3,(H,29,31)/b28-14+. The Labute approximate surface area is 218 Å². The molecule has 0 fully saturated rings. The van der Waals surface area contributed by atoms with Gasteiger partial charge in [-0.15, -0.1) is 0 Å². The highest BCUT2D eigenvalue weighted by Crippen LogP contribution is 2.29. The van der Waals surface area contributed by atoms with E-state index in [9.17, 15) is 19.7 Å². The summed E-state index contributed by atoms with van der Waals surface area (Å²) in [6.45, 7) is 5.54. The normalized spacial score (nSPS) is 10.7. The number of hydrazone groups is 1. The van der Waals surface area contributed by atoms with Crippen LogP contribution in [0.2, 0.25) is 5.02 Å². The first-order chi connectivity index (χ1) is 17.7. The summed E-state index contributed by atoms with van der Waals surface area (Å²) in [5, 5.41) is 15.4. The number of hydrogen-bond acceptors (Lipinski definition) is 8. The van der Waals surface area contributed by atoms with Crippen LogP contribution in [0.3, 0.4) is 0 Å². The molecule has 3 aromatic carbocycles. The zero-order valence-electron chi connectivity index (χ0n) is 20.3. The second-order valence-corrected chi connectivity index (χ2v) is 8.16. The molecule has 0 aliphatic rings. The number of aryl methyl sites for hydroxylation is 2. The maximum Gasteiger partial charge on any atom is 0.343 e. The first kappa shape index (κ1) is 27.2. The quantitative estimate of drug-likeness (QED) is 0.129. The van der Waals surface area contributed by atoms with Crippen molar-refractivity contribution in [2.75, 3.05) is 13.2 Å². The van der Waals surface area contributed by atoms with Crippen LogP contribution in [0, 0.1) is 24.0 Å².